The molecule has 1 amide bonds. The topological polar surface area (TPSA) is 73.0 Å². The molecule has 20 heavy (non-hydrogen) atoms. The van der Waals surface area contributed by atoms with Crippen LogP contribution in [0.15, 0.2) is 40.5 Å². The van der Waals surface area contributed by atoms with Gasteiger partial charge in [0, 0.05) is 24.7 Å². The van der Waals surface area contributed by atoms with Gasteiger partial charge in [0.05, 0.1) is 18.4 Å². The van der Waals surface area contributed by atoms with E-state index in [2.05, 4.69) is 15.4 Å². The fourth-order valence-electron chi connectivity index (χ4n) is 1.73. The SMILES string of the molecule is Cn1ccc(NC(=O)Cc2csc(-c3ccco3)n2)n1. The van der Waals surface area contributed by atoms with Crippen LogP contribution in [0.2, 0.25) is 0 Å². The van der Waals surface area contributed by atoms with Crippen molar-refractivity contribution in [1.82, 2.24) is 14.8 Å². The lowest BCUT2D eigenvalue weighted by Gasteiger charge is -1.99. The van der Waals surface area contributed by atoms with Crippen molar-refractivity contribution in [2.45, 2.75) is 6.42 Å². The summed E-state index contributed by atoms with van der Waals surface area (Å²) in [4.78, 5) is 16.2. The summed E-state index contributed by atoms with van der Waals surface area (Å²) in [6.07, 6.45) is 3.59. The van der Waals surface area contributed by atoms with E-state index in [4.69, 9.17) is 4.42 Å². The highest BCUT2D eigenvalue weighted by Gasteiger charge is 2.11. The van der Waals surface area contributed by atoms with Crippen molar-refractivity contribution >= 4 is 23.1 Å². The maximum absolute atomic E-state index is 11.9. The zero-order chi connectivity index (χ0) is 13.9. The molecule has 3 aromatic rings. The van der Waals surface area contributed by atoms with Crippen LogP contribution >= 0.6 is 11.3 Å². The lowest BCUT2D eigenvalue weighted by atomic mass is 10.3. The lowest BCUT2D eigenvalue weighted by Crippen LogP contribution is -2.15. The Bertz CT molecular complexity index is 714. The van der Waals surface area contributed by atoms with Crippen molar-refractivity contribution in [1.29, 1.82) is 0 Å². The largest absolute Gasteiger partial charge is 0.462 e. The summed E-state index contributed by atoms with van der Waals surface area (Å²) in [5.74, 6) is 1.12. The molecule has 7 heteroatoms. The Balaban J connectivity index is 1.64. The van der Waals surface area contributed by atoms with Gasteiger partial charge in [-0.25, -0.2) is 4.98 Å². The van der Waals surface area contributed by atoms with Gasteiger partial charge in [-0.15, -0.1) is 11.3 Å². The third kappa shape index (κ3) is 2.77. The Morgan fingerprint density at radius 2 is 2.40 bits per heavy atom. The standard InChI is InChI=1S/C13H12N4O2S/c1-17-5-4-11(16-17)15-12(18)7-9-8-20-13(14-9)10-3-2-6-19-10/h2-6,8H,7H2,1H3,(H,15,16,18). The summed E-state index contributed by atoms with van der Waals surface area (Å²) >= 11 is 1.46. The Morgan fingerprint density at radius 1 is 1.50 bits per heavy atom. The molecule has 3 heterocycles. The summed E-state index contributed by atoms with van der Waals surface area (Å²) in [7, 11) is 1.80. The minimum Gasteiger partial charge on any atom is -0.462 e. The fraction of sp³-hybridized carbons (Fsp3) is 0.154. The summed E-state index contributed by atoms with van der Waals surface area (Å²) < 4.78 is 6.90. The third-order valence-corrected chi connectivity index (χ3v) is 3.51. The molecule has 3 aromatic heterocycles. The van der Waals surface area contributed by atoms with E-state index >= 15 is 0 Å². The molecule has 0 saturated heterocycles. The first-order valence-corrected chi connectivity index (χ1v) is 6.86. The summed E-state index contributed by atoms with van der Waals surface area (Å²) in [5.41, 5.74) is 0.717. The van der Waals surface area contributed by atoms with Crippen LogP contribution in [0, 0.1) is 0 Å². The second-order valence-corrected chi connectivity index (χ2v) is 5.08. The molecule has 0 spiro atoms. The van der Waals surface area contributed by atoms with Gasteiger partial charge in [0.2, 0.25) is 5.91 Å². The molecule has 3 rings (SSSR count). The smallest absolute Gasteiger partial charge is 0.231 e. The van der Waals surface area contributed by atoms with Crippen LogP contribution in [0.5, 0.6) is 0 Å². The minimum absolute atomic E-state index is 0.139. The zero-order valence-corrected chi connectivity index (χ0v) is 11.6. The highest BCUT2D eigenvalue weighted by molar-refractivity contribution is 7.13. The van der Waals surface area contributed by atoms with Gasteiger partial charge in [-0.1, -0.05) is 0 Å². The van der Waals surface area contributed by atoms with Gasteiger partial charge in [-0.3, -0.25) is 9.48 Å². The van der Waals surface area contributed by atoms with Gasteiger partial charge in [0.1, 0.15) is 0 Å². The number of nitrogens with one attached hydrogen (secondary N) is 1. The van der Waals surface area contributed by atoms with Crippen LogP contribution in [-0.4, -0.2) is 20.7 Å². The average molecular weight is 288 g/mol. The second kappa shape index (κ2) is 5.30. The molecule has 1 N–H and O–H groups in total. The molecule has 102 valence electrons. The molecule has 0 atom stereocenters. The summed E-state index contributed by atoms with van der Waals surface area (Å²) in [5, 5.41) is 9.45. The van der Waals surface area contributed by atoms with Crippen molar-refractivity contribution in [3.63, 3.8) is 0 Å². The average Bonchev–Trinajstić information content (AvgIpc) is 3.10. The molecule has 0 aliphatic carbocycles. The van der Waals surface area contributed by atoms with Crippen molar-refractivity contribution < 1.29 is 9.21 Å². The summed E-state index contributed by atoms with van der Waals surface area (Å²) in [6.45, 7) is 0. The Hall–Kier alpha value is -2.41. The predicted molar refractivity (Wildman–Crippen MR) is 75.4 cm³/mol. The molecule has 0 aliphatic rings. The van der Waals surface area contributed by atoms with Gasteiger partial charge in [-0.2, -0.15) is 5.10 Å². The van der Waals surface area contributed by atoms with Crippen LogP contribution in [0.1, 0.15) is 5.69 Å². The highest BCUT2D eigenvalue weighted by atomic mass is 32.1. The number of hydrogen-bond donors (Lipinski definition) is 1. The number of aryl methyl sites for hydroxylation is 1. The Kier molecular flexibility index (Phi) is 3.34. The van der Waals surface area contributed by atoms with E-state index in [9.17, 15) is 4.79 Å². The van der Waals surface area contributed by atoms with Gasteiger partial charge in [-0.05, 0) is 12.1 Å². The molecular formula is C13H12N4O2S. The lowest BCUT2D eigenvalue weighted by molar-refractivity contribution is -0.115. The van der Waals surface area contributed by atoms with E-state index in [1.165, 1.54) is 11.3 Å². The van der Waals surface area contributed by atoms with Crippen molar-refractivity contribution in [3.05, 3.63) is 41.7 Å². The molecule has 0 fully saturated rings. The number of furan rings is 1. The van der Waals surface area contributed by atoms with Crippen LogP contribution in [0.3, 0.4) is 0 Å². The van der Waals surface area contributed by atoms with Gasteiger partial charge in [0.15, 0.2) is 16.6 Å². The molecule has 0 radical (unpaired) electrons. The van der Waals surface area contributed by atoms with E-state index in [1.54, 1.807) is 30.3 Å². The van der Waals surface area contributed by atoms with Crippen molar-refractivity contribution in [3.8, 4) is 10.8 Å². The van der Waals surface area contributed by atoms with Crippen LogP contribution in [0.4, 0.5) is 5.82 Å². The van der Waals surface area contributed by atoms with Crippen molar-refractivity contribution in [2.24, 2.45) is 7.05 Å². The predicted octanol–water partition coefficient (Wildman–Crippen LogP) is 2.32. The zero-order valence-electron chi connectivity index (χ0n) is 10.7. The number of carbonyl (C=O) groups excluding carboxylic acids is 1. The summed E-state index contributed by atoms with van der Waals surface area (Å²) in [6, 6.07) is 5.40. The van der Waals surface area contributed by atoms with Gasteiger partial charge < -0.3 is 9.73 Å². The number of aromatic nitrogens is 3. The van der Waals surface area contributed by atoms with Crippen molar-refractivity contribution in [2.75, 3.05) is 5.32 Å². The van der Waals surface area contributed by atoms with Crippen LogP contribution in [0.25, 0.3) is 10.8 Å². The van der Waals surface area contributed by atoms with E-state index in [-0.39, 0.29) is 12.3 Å². The molecule has 6 nitrogen and oxygen atoms in total. The Morgan fingerprint density at radius 3 is 3.10 bits per heavy atom. The number of anilines is 1. The number of nitrogens with zero attached hydrogens (tertiary/aromatic N) is 3. The van der Waals surface area contributed by atoms with E-state index in [0.717, 1.165) is 10.7 Å². The Labute approximate surface area is 119 Å². The maximum Gasteiger partial charge on any atom is 0.231 e. The number of rotatable bonds is 4. The first kappa shape index (κ1) is 12.6. The van der Waals surface area contributed by atoms with E-state index in [1.807, 2.05) is 17.5 Å². The van der Waals surface area contributed by atoms with Gasteiger partial charge >= 0.3 is 0 Å². The number of hydrogen-bond acceptors (Lipinski definition) is 5. The normalized spacial score (nSPS) is 10.7. The first-order chi connectivity index (χ1) is 9.70. The maximum atomic E-state index is 11.9. The fourth-order valence-corrected chi connectivity index (χ4v) is 2.52. The highest BCUT2D eigenvalue weighted by Crippen LogP contribution is 2.24. The van der Waals surface area contributed by atoms with Gasteiger partial charge in [0.25, 0.3) is 0 Å². The molecule has 0 saturated carbocycles. The third-order valence-electron chi connectivity index (χ3n) is 2.61. The molecule has 0 unspecified atom stereocenters. The van der Waals surface area contributed by atoms with E-state index < -0.39 is 0 Å². The molecular weight excluding hydrogens is 276 g/mol. The molecule has 0 aliphatic heterocycles. The first-order valence-electron chi connectivity index (χ1n) is 5.98. The molecule has 0 aromatic carbocycles. The number of thiazole rings is 1. The monoisotopic (exact) mass is 288 g/mol. The number of amides is 1. The quantitative estimate of drug-likeness (QED) is 0.799. The van der Waals surface area contributed by atoms with Crippen LogP contribution in [-0.2, 0) is 18.3 Å². The van der Waals surface area contributed by atoms with Crippen LogP contribution < -0.4 is 5.32 Å². The minimum atomic E-state index is -0.139. The second-order valence-electron chi connectivity index (χ2n) is 4.22. The molecule has 0 bridgehead atoms. The van der Waals surface area contributed by atoms with E-state index in [0.29, 0.717) is 11.6 Å². The number of carbonyl (C=O) groups is 1.